The molecular weight excluding hydrogens is 414 g/mol. The molecule has 1 aliphatic rings. The zero-order valence-electron chi connectivity index (χ0n) is 19.9. The van der Waals surface area contributed by atoms with Crippen molar-refractivity contribution in [2.45, 2.75) is 52.2 Å². The van der Waals surface area contributed by atoms with E-state index in [1.807, 2.05) is 66.2 Å². The van der Waals surface area contributed by atoms with Crippen molar-refractivity contribution in [3.05, 3.63) is 65.9 Å². The van der Waals surface area contributed by atoms with Gasteiger partial charge in [0.1, 0.15) is 11.5 Å². The summed E-state index contributed by atoms with van der Waals surface area (Å²) in [5, 5.41) is 15.4. The number of rotatable bonds is 12. The zero-order chi connectivity index (χ0) is 23.2. The van der Waals surface area contributed by atoms with E-state index in [9.17, 15) is 5.11 Å². The van der Waals surface area contributed by atoms with Gasteiger partial charge in [0.15, 0.2) is 0 Å². The Morgan fingerprint density at radius 3 is 2.52 bits per heavy atom. The van der Waals surface area contributed by atoms with Gasteiger partial charge in [-0.2, -0.15) is 5.10 Å². The molecule has 1 saturated carbocycles. The maximum atomic E-state index is 10.4. The second kappa shape index (κ2) is 10.9. The Hall–Kier alpha value is -2.83. The topological polar surface area (TPSA) is 59.8 Å². The molecule has 1 fully saturated rings. The summed E-state index contributed by atoms with van der Waals surface area (Å²) < 4.78 is 13.8. The number of para-hydroxylation sites is 1. The fraction of sp³-hybridized carbons (Fsp3) is 0.444. The van der Waals surface area contributed by atoms with Gasteiger partial charge in [0, 0.05) is 25.7 Å². The lowest BCUT2D eigenvalue weighted by Crippen LogP contribution is -2.33. The van der Waals surface area contributed by atoms with Gasteiger partial charge in [0.2, 0.25) is 5.88 Å². The Labute approximate surface area is 196 Å². The molecule has 2 aromatic carbocycles. The molecule has 0 amide bonds. The molecule has 1 unspecified atom stereocenters. The first-order chi connectivity index (χ1) is 16.1. The maximum Gasteiger partial charge on any atom is 0.227 e. The molecule has 176 valence electrons. The van der Waals surface area contributed by atoms with Gasteiger partial charge in [-0.15, -0.1) is 0 Å². The molecule has 0 spiro atoms. The van der Waals surface area contributed by atoms with Crippen LogP contribution in [0.3, 0.4) is 0 Å². The van der Waals surface area contributed by atoms with Gasteiger partial charge in [0.05, 0.1) is 30.2 Å². The van der Waals surface area contributed by atoms with E-state index in [0.29, 0.717) is 18.8 Å². The number of aliphatic hydroxyl groups excluding tert-OH is 1. The van der Waals surface area contributed by atoms with Crippen LogP contribution in [0.1, 0.15) is 44.4 Å². The lowest BCUT2D eigenvalue weighted by Gasteiger charge is -2.25. The highest BCUT2D eigenvalue weighted by Crippen LogP contribution is 2.35. The minimum atomic E-state index is -0.333. The standard InChI is InChI=1S/C27H35N3O3/c1-4-22(31)18-29(17-20-14-15-20)19-25-26(5-2)28-30(21-10-7-6-8-11-21)27(25)33-24-13-9-12-23(16-24)32-3/h6-13,16,20,22,31H,4-5,14-15,17-19H2,1-3H3. The molecular formula is C27H35N3O3. The predicted octanol–water partition coefficient (Wildman–Crippen LogP) is 5.22. The number of aliphatic hydroxyl groups is 1. The van der Waals surface area contributed by atoms with Gasteiger partial charge in [-0.25, -0.2) is 4.68 Å². The molecule has 33 heavy (non-hydrogen) atoms. The third-order valence-electron chi connectivity index (χ3n) is 6.15. The van der Waals surface area contributed by atoms with Gasteiger partial charge in [-0.1, -0.05) is 38.1 Å². The molecule has 0 bridgehead atoms. The highest BCUT2D eigenvalue weighted by Gasteiger charge is 2.28. The number of aryl methyl sites for hydroxylation is 1. The van der Waals surface area contributed by atoms with Gasteiger partial charge in [0.25, 0.3) is 0 Å². The van der Waals surface area contributed by atoms with E-state index in [4.69, 9.17) is 14.6 Å². The van der Waals surface area contributed by atoms with Crippen LogP contribution in [0, 0.1) is 5.92 Å². The van der Waals surface area contributed by atoms with E-state index < -0.39 is 0 Å². The summed E-state index contributed by atoms with van der Waals surface area (Å²) in [5.41, 5.74) is 3.05. The van der Waals surface area contributed by atoms with Crippen LogP contribution < -0.4 is 9.47 Å². The minimum Gasteiger partial charge on any atom is -0.497 e. The zero-order valence-corrected chi connectivity index (χ0v) is 19.9. The Morgan fingerprint density at radius 2 is 1.85 bits per heavy atom. The molecule has 0 aliphatic heterocycles. The van der Waals surface area contributed by atoms with E-state index in [-0.39, 0.29) is 6.10 Å². The van der Waals surface area contributed by atoms with Crippen molar-refractivity contribution >= 4 is 0 Å². The van der Waals surface area contributed by atoms with E-state index in [1.165, 1.54) is 12.8 Å². The van der Waals surface area contributed by atoms with Crippen LogP contribution in [0.15, 0.2) is 54.6 Å². The summed E-state index contributed by atoms with van der Waals surface area (Å²) in [7, 11) is 1.66. The minimum absolute atomic E-state index is 0.333. The first-order valence-electron chi connectivity index (χ1n) is 12.0. The van der Waals surface area contributed by atoms with Gasteiger partial charge in [-0.05, 0) is 55.9 Å². The van der Waals surface area contributed by atoms with E-state index in [2.05, 4.69) is 11.8 Å². The monoisotopic (exact) mass is 449 g/mol. The lowest BCUT2D eigenvalue weighted by molar-refractivity contribution is 0.102. The normalized spacial score (nSPS) is 14.5. The van der Waals surface area contributed by atoms with Crippen LogP contribution >= 0.6 is 0 Å². The molecule has 6 heteroatoms. The summed E-state index contributed by atoms with van der Waals surface area (Å²) in [6, 6.07) is 17.8. The van der Waals surface area contributed by atoms with Crippen molar-refractivity contribution in [3.8, 4) is 23.1 Å². The Bertz CT molecular complexity index is 1030. The lowest BCUT2D eigenvalue weighted by atomic mass is 10.1. The second-order valence-corrected chi connectivity index (χ2v) is 8.81. The van der Waals surface area contributed by atoms with Gasteiger partial charge < -0.3 is 14.6 Å². The Morgan fingerprint density at radius 1 is 1.09 bits per heavy atom. The van der Waals surface area contributed by atoms with E-state index in [1.54, 1.807) is 7.11 Å². The second-order valence-electron chi connectivity index (χ2n) is 8.81. The van der Waals surface area contributed by atoms with Crippen molar-refractivity contribution in [2.75, 3.05) is 20.2 Å². The van der Waals surface area contributed by atoms with Crippen LogP contribution in [-0.2, 0) is 13.0 Å². The van der Waals surface area contributed by atoms with Crippen molar-refractivity contribution in [1.29, 1.82) is 0 Å². The number of hydrogen-bond acceptors (Lipinski definition) is 5. The average Bonchev–Trinajstić information content (AvgIpc) is 3.60. The molecule has 1 aromatic heterocycles. The number of hydrogen-bond donors (Lipinski definition) is 1. The van der Waals surface area contributed by atoms with Crippen molar-refractivity contribution < 1.29 is 14.6 Å². The first kappa shape index (κ1) is 23.3. The summed E-state index contributed by atoms with van der Waals surface area (Å²) in [6.45, 7) is 6.51. The predicted molar refractivity (Wildman–Crippen MR) is 130 cm³/mol. The van der Waals surface area contributed by atoms with Crippen LogP contribution in [0.5, 0.6) is 17.4 Å². The van der Waals surface area contributed by atoms with Crippen LogP contribution in [-0.4, -0.2) is 46.1 Å². The fourth-order valence-electron chi connectivity index (χ4n) is 4.07. The summed E-state index contributed by atoms with van der Waals surface area (Å²) in [5.74, 6) is 2.90. The molecule has 1 aliphatic carbocycles. The van der Waals surface area contributed by atoms with Crippen molar-refractivity contribution in [1.82, 2.24) is 14.7 Å². The summed E-state index contributed by atoms with van der Waals surface area (Å²) in [4.78, 5) is 2.37. The molecule has 1 heterocycles. The molecule has 6 nitrogen and oxygen atoms in total. The molecule has 3 aromatic rings. The quantitative estimate of drug-likeness (QED) is 0.411. The number of methoxy groups -OCH3 is 1. The highest BCUT2D eigenvalue weighted by molar-refractivity contribution is 5.44. The number of ether oxygens (including phenoxy) is 2. The number of nitrogens with zero attached hydrogens (tertiary/aromatic N) is 3. The third kappa shape index (κ3) is 5.95. The third-order valence-corrected chi connectivity index (χ3v) is 6.15. The molecule has 1 atom stereocenters. The SMILES string of the molecule is CCc1nn(-c2ccccc2)c(Oc2cccc(OC)c2)c1CN(CC(O)CC)CC1CC1. The summed E-state index contributed by atoms with van der Waals surface area (Å²) >= 11 is 0. The van der Waals surface area contributed by atoms with Gasteiger partial charge in [-0.3, -0.25) is 4.90 Å². The largest absolute Gasteiger partial charge is 0.497 e. The number of benzene rings is 2. The maximum absolute atomic E-state index is 10.4. The Kier molecular flexibility index (Phi) is 7.68. The molecule has 1 N–H and O–H groups in total. The molecule has 4 rings (SSSR count). The van der Waals surface area contributed by atoms with Crippen molar-refractivity contribution in [3.63, 3.8) is 0 Å². The van der Waals surface area contributed by atoms with Gasteiger partial charge >= 0.3 is 0 Å². The summed E-state index contributed by atoms with van der Waals surface area (Å²) in [6.07, 6.45) is 3.77. The smallest absolute Gasteiger partial charge is 0.227 e. The highest BCUT2D eigenvalue weighted by atomic mass is 16.5. The van der Waals surface area contributed by atoms with E-state index in [0.717, 1.165) is 53.9 Å². The average molecular weight is 450 g/mol. The first-order valence-corrected chi connectivity index (χ1v) is 12.0. The van der Waals surface area contributed by atoms with Crippen molar-refractivity contribution in [2.24, 2.45) is 5.92 Å². The number of aromatic nitrogens is 2. The Balaban J connectivity index is 1.74. The van der Waals surface area contributed by atoms with Crippen LogP contribution in [0.25, 0.3) is 5.69 Å². The molecule has 0 saturated heterocycles. The molecule has 0 radical (unpaired) electrons. The van der Waals surface area contributed by atoms with E-state index >= 15 is 0 Å². The van der Waals surface area contributed by atoms with Crippen LogP contribution in [0.4, 0.5) is 0 Å². The van der Waals surface area contributed by atoms with Crippen LogP contribution in [0.2, 0.25) is 0 Å². The fourth-order valence-corrected chi connectivity index (χ4v) is 4.07.